The minimum absolute atomic E-state index is 0.145. The molecule has 1 fully saturated rings. The Labute approximate surface area is 117 Å². The van der Waals surface area contributed by atoms with Crippen LogP contribution >= 0.6 is 0 Å². The molecule has 1 rings (SSSR count). The Hall–Kier alpha value is -1.40. The molecule has 19 heavy (non-hydrogen) atoms. The maximum atomic E-state index is 5.55. The third-order valence-corrected chi connectivity index (χ3v) is 2.77. The quantitative estimate of drug-likeness (QED) is 0.557. The number of ether oxygens (including phenoxy) is 2. The first-order valence-electron chi connectivity index (χ1n) is 6.88. The van der Waals surface area contributed by atoms with E-state index in [1.807, 2.05) is 13.8 Å². The van der Waals surface area contributed by atoms with Crippen molar-refractivity contribution in [3.63, 3.8) is 0 Å². The van der Waals surface area contributed by atoms with Crippen molar-refractivity contribution in [2.45, 2.75) is 64.3 Å². The minimum Gasteiger partial charge on any atom is -0.347 e. The molecule has 102 valence electrons. The molecule has 0 aromatic heterocycles. The van der Waals surface area contributed by atoms with E-state index in [0.29, 0.717) is 6.61 Å². The zero-order valence-electron chi connectivity index (χ0n) is 11.9. The van der Waals surface area contributed by atoms with Gasteiger partial charge in [0.15, 0.2) is 5.79 Å². The van der Waals surface area contributed by atoms with Crippen molar-refractivity contribution in [1.82, 2.24) is 0 Å². The molecule has 0 spiro atoms. The maximum Gasteiger partial charge on any atom is 0.164 e. The van der Waals surface area contributed by atoms with Crippen LogP contribution in [-0.4, -0.2) is 18.5 Å². The van der Waals surface area contributed by atoms with Gasteiger partial charge in [-0.15, -0.1) is 12.3 Å². The molecule has 0 radical (unpaired) electrons. The lowest BCUT2D eigenvalue weighted by Gasteiger charge is -2.14. The molecule has 1 aliphatic rings. The molecular weight excluding hydrogens is 236 g/mol. The van der Waals surface area contributed by atoms with Crippen molar-refractivity contribution < 1.29 is 9.47 Å². The SMILES string of the molecule is C#CCCCCCCC#CC#C[C@H]1COC(C)(C)O1. The van der Waals surface area contributed by atoms with Crippen LogP contribution in [0.3, 0.4) is 0 Å². The van der Waals surface area contributed by atoms with Crippen LogP contribution in [0.1, 0.15) is 52.4 Å². The van der Waals surface area contributed by atoms with Gasteiger partial charge in [0.2, 0.25) is 0 Å². The first-order chi connectivity index (χ1) is 9.14. The molecule has 0 amide bonds. The van der Waals surface area contributed by atoms with Crippen LogP contribution in [0.25, 0.3) is 0 Å². The predicted octanol–water partition coefficient (Wildman–Crippen LogP) is 3.12. The highest BCUT2D eigenvalue weighted by Gasteiger charge is 2.31. The van der Waals surface area contributed by atoms with E-state index < -0.39 is 5.79 Å². The predicted molar refractivity (Wildman–Crippen MR) is 77.0 cm³/mol. The maximum absolute atomic E-state index is 5.55. The summed E-state index contributed by atoms with van der Waals surface area (Å²) < 4.78 is 11.0. The van der Waals surface area contributed by atoms with Crippen LogP contribution in [0.15, 0.2) is 0 Å². The van der Waals surface area contributed by atoms with Gasteiger partial charge in [-0.05, 0) is 38.5 Å². The highest BCUT2D eigenvalue weighted by molar-refractivity contribution is 5.27. The second kappa shape index (κ2) is 8.66. The van der Waals surface area contributed by atoms with E-state index in [1.165, 1.54) is 12.8 Å². The van der Waals surface area contributed by atoms with Gasteiger partial charge < -0.3 is 9.47 Å². The summed E-state index contributed by atoms with van der Waals surface area (Å²) in [4.78, 5) is 0. The van der Waals surface area contributed by atoms with Crippen LogP contribution in [0.2, 0.25) is 0 Å². The zero-order valence-corrected chi connectivity index (χ0v) is 11.9. The van der Waals surface area contributed by atoms with E-state index in [-0.39, 0.29) is 6.10 Å². The Balaban J connectivity index is 2.07. The van der Waals surface area contributed by atoms with Crippen LogP contribution in [0, 0.1) is 36.0 Å². The lowest BCUT2D eigenvalue weighted by Crippen LogP contribution is -2.20. The summed E-state index contributed by atoms with van der Waals surface area (Å²) >= 11 is 0. The van der Waals surface area contributed by atoms with Crippen molar-refractivity contribution in [2.24, 2.45) is 0 Å². The average Bonchev–Trinajstić information content (AvgIpc) is 2.71. The van der Waals surface area contributed by atoms with Crippen molar-refractivity contribution in [2.75, 3.05) is 6.61 Å². The van der Waals surface area contributed by atoms with E-state index in [4.69, 9.17) is 15.9 Å². The molecule has 0 bridgehead atoms. The Kier molecular flexibility index (Phi) is 7.14. The van der Waals surface area contributed by atoms with Gasteiger partial charge in [-0.2, -0.15) is 0 Å². The molecule has 1 atom stereocenters. The Morgan fingerprint density at radius 2 is 1.84 bits per heavy atom. The highest BCUT2D eigenvalue weighted by Crippen LogP contribution is 2.21. The number of hydrogen-bond acceptors (Lipinski definition) is 2. The van der Waals surface area contributed by atoms with Gasteiger partial charge in [0.05, 0.1) is 6.61 Å². The fraction of sp³-hybridized carbons (Fsp3) is 0.647. The lowest BCUT2D eigenvalue weighted by atomic mass is 10.1. The summed E-state index contributed by atoms with van der Waals surface area (Å²) in [6.07, 6.45) is 11.5. The van der Waals surface area contributed by atoms with Crippen molar-refractivity contribution in [3.8, 4) is 36.0 Å². The molecule has 1 saturated heterocycles. The van der Waals surface area contributed by atoms with E-state index in [1.54, 1.807) is 0 Å². The Bertz CT molecular complexity index is 420. The third kappa shape index (κ3) is 7.58. The second-order valence-corrected chi connectivity index (χ2v) is 5.01. The highest BCUT2D eigenvalue weighted by atomic mass is 16.7. The van der Waals surface area contributed by atoms with Gasteiger partial charge in [-0.3, -0.25) is 0 Å². The first kappa shape index (κ1) is 15.7. The Morgan fingerprint density at radius 1 is 1.11 bits per heavy atom. The summed E-state index contributed by atoms with van der Waals surface area (Å²) in [5.74, 6) is 13.9. The summed E-state index contributed by atoms with van der Waals surface area (Å²) in [5, 5.41) is 0. The van der Waals surface area contributed by atoms with Crippen LogP contribution < -0.4 is 0 Å². The van der Waals surface area contributed by atoms with Gasteiger partial charge in [0.1, 0.15) is 6.10 Å². The van der Waals surface area contributed by atoms with Crippen LogP contribution in [0.5, 0.6) is 0 Å². The fourth-order valence-corrected chi connectivity index (χ4v) is 1.78. The number of unbranched alkanes of at least 4 members (excludes halogenated alkanes) is 5. The fourth-order valence-electron chi connectivity index (χ4n) is 1.78. The van der Waals surface area contributed by atoms with E-state index in [0.717, 1.165) is 25.7 Å². The molecule has 0 aliphatic carbocycles. The van der Waals surface area contributed by atoms with Gasteiger partial charge >= 0.3 is 0 Å². The number of terminal acetylenes is 1. The summed E-state index contributed by atoms with van der Waals surface area (Å²) in [6, 6.07) is 0. The van der Waals surface area contributed by atoms with Crippen molar-refractivity contribution in [1.29, 1.82) is 0 Å². The largest absolute Gasteiger partial charge is 0.347 e. The molecule has 1 heterocycles. The lowest BCUT2D eigenvalue weighted by molar-refractivity contribution is -0.132. The van der Waals surface area contributed by atoms with Crippen molar-refractivity contribution >= 4 is 0 Å². The third-order valence-electron chi connectivity index (χ3n) is 2.77. The summed E-state index contributed by atoms with van der Waals surface area (Å²) in [7, 11) is 0. The van der Waals surface area contributed by atoms with Crippen molar-refractivity contribution in [3.05, 3.63) is 0 Å². The second-order valence-electron chi connectivity index (χ2n) is 5.01. The number of hydrogen-bond donors (Lipinski definition) is 0. The first-order valence-corrected chi connectivity index (χ1v) is 6.88. The molecule has 2 nitrogen and oxygen atoms in total. The minimum atomic E-state index is -0.509. The molecule has 0 saturated carbocycles. The Morgan fingerprint density at radius 3 is 2.47 bits per heavy atom. The molecular formula is C17H22O2. The molecule has 0 aromatic rings. The average molecular weight is 258 g/mol. The molecule has 0 aromatic carbocycles. The molecule has 1 aliphatic heterocycles. The van der Waals surface area contributed by atoms with Gasteiger partial charge in [-0.25, -0.2) is 0 Å². The summed E-state index contributed by atoms with van der Waals surface area (Å²) in [5.41, 5.74) is 0. The van der Waals surface area contributed by atoms with E-state index in [2.05, 4.69) is 29.6 Å². The monoisotopic (exact) mass is 258 g/mol. The van der Waals surface area contributed by atoms with E-state index >= 15 is 0 Å². The standard InChI is InChI=1S/C17H22O2/c1-4-5-6-7-8-9-10-11-12-13-14-16-15-18-17(2,3)19-16/h1,16H,5-10,15H2,2-3H3/t16-/m0/s1. The molecule has 0 unspecified atom stereocenters. The normalized spacial score (nSPS) is 19.7. The van der Waals surface area contributed by atoms with Crippen LogP contribution in [-0.2, 0) is 9.47 Å². The molecule has 2 heteroatoms. The van der Waals surface area contributed by atoms with Gasteiger partial charge in [0.25, 0.3) is 0 Å². The smallest absolute Gasteiger partial charge is 0.164 e. The van der Waals surface area contributed by atoms with E-state index in [9.17, 15) is 0 Å². The molecule has 0 N–H and O–H groups in total. The zero-order chi connectivity index (χ0) is 14.0. The van der Waals surface area contributed by atoms with Crippen LogP contribution in [0.4, 0.5) is 0 Å². The van der Waals surface area contributed by atoms with Gasteiger partial charge in [-0.1, -0.05) is 24.7 Å². The topological polar surface area (TPSA) is 18.5 Å². The van der Waals surface area contributed by atoms with Gasteiger partial charge in [0, 0.05) is 12.8 Å². The summed E-state index contributed by atoms with van der Waals surface area (Å²) in [6.45, 7) is 4.30. The number of rotatable bonds is 5.